The van der Waals surface area contributed by atoms with Crippen LogP contribution in [0, 0.1) is 11.8 Å². The first kappa shape index (κ1) is 13.1. The first-order valence-corrected chi connectivity index (χ1v) is 6.56. The number of hydrogen-bond acceptors (Lipinski definition) is 4. The summed E-state index contributed by atoms with van der Waals surface area (Å²) in [5, 5.41) is 14.7. The van der Waals surface area contributed by atoms with E-state index in [0.29, 0.717) is 12.5 Å². The van der Waals surface area contributed by atoms with E-state index in [1.807, 2.05) is 6.92 Å². The van der Waals surface area contributed by atoms with Crippen molar-refractivity contribution in [2.75, 3.05) is 6.61 Å². The molecule has 1 saturated heterocycles. The zero-order valence-electron chi connectivity index (χ0n) is 10.6. The van der Waals surface area contributed by atoms with Crippen molar-refractivity contribution in [3.63, 3.8) is 0 Å². The monoisotopic (exact) mass is 255 g/mol. The van der Waals surface area contributed by atoms with Crippen LogP contribution in [0.15, 0.2) is 5.16 Å². The number of ether oxygens (including phenoxy) is 1. The summed E-state index contributed by atoms with van der Waals surface area (Å²) in [6.07, 6.45) is 3.60. The van der Waals surface area contributed by atoms with Gasteiger partial charge in [-0.25, -0.2) is 0 Å². The Morgan fingerprint density at radius 3 is 2.83 bits per heavy atom. The number of oxime groups is 1. The third kappa shape index (κ3) is 2.75. The molecule has 0 spiro atoms. The fourth-order valence-corrected chi connectivity index (χ4v) is 2.54. The van der Waals surface area contributed by atoms with Crippen LogP contribution in [0.5, 0.6) is 0 Å². The Kier molecular flexibility index (Phi) is 4.06. The second kappa shape index (κ2) is 5.56. The van der Waals surface area contributed by atoms with E-state index >= 15 is 0 Å². The second-order valence-electron chi connectivity index (χ2n) is 5.06. The molecule has 0 aromatic rings. The molecular formula is C12H21N3O3. The van der Waals surface area contributed by atoms with E-state index in [2.05, 4.69) is 10.5 Å². The van der Waals surface area contributed by atoms with Gasteiger partial charge in [-0.1, -0.05) is 12.1 Å². The van der Waals surface area contributed by atoms with Gasteiger partial charge in [0.2, 0.25) is 5.91 Å². The van der Waals surface area contributed by atoms with Gasteiger partial charge in [0.1, 0.15) is 0 Å². The van der Waals surface area contributed by atoms with Crippen molar-refractivity contribution in [2.24, 2.45) is 22.7 Å². The smallest absolute Gasteiger partial charge is 0.226 e. The molecule has 1 heterocycles. The van der Waals surface area contributed by atoms with Crippen molar-refractivity contribution in [3.8, 4) is 0 Å². The minimum atomic E-state index is -0.333. The van der Waals surface area contributed by atoms with E-state index in [4.69, 9.17) is 15.7 Å². The minimum Gasteiger partial charge on any atom is -0.409 e. The third-order valence-electron chi connectivity index (χ3n) is 3.77. The summed E-state index contributed by atoms with van der Waals surface area (Å²) in [6, 6.07) is -0.333. The van der Waals surface area contributed by atoms with Crippen LogP contribution in [-0.4, -0.2) is 35.7 Å². The highest BCUT2D eigenvalue weighted by atomic mass is 16.5. The summed E-state index contributed by atoms with van der Waals surface area (Å²) in [5.41, 5.74) is 5.63. The molecule has 2 rings (SSSR count). The highest BCUT2D eigenvalue weighted by molar-refractivity contribution is 5.91. The van der Waals surface area contributed by atoms with E-state index in [-0.39, 0.29) is 29.8 Å². The Bertz CT molecular complexity index is 341. The highest BCUT2D eigenvalue weighted by Gasteiger charge is 2.39. The van der Waals surface area contributed by atoms with Crippen molar-refractivity contribution in [2.45, 2.75) is 44.8 Å². The second-order valence-corrected chi connectivity index (χ2v) is 5.06. The molecule has 0 radical (unpaired) electrons. The molecule has 1 aliphatic carbocycles. The molecule has 2 aliphatic rings. The van der Waals surface area contributed by atoms with E-state index in [0.717, 1.165) is 25.7 Å². The van der Waals surface area contributed by atoms with Crippen LogP contribution in [0.1, 0.15) is 32.6 Å². The average molecular weight is 255 g/mol. The normalized spacial score (nSPS) is 30.2. The first-order valence-electron chi connectivity index (χ1n) is 6.56. The van der Waals surface area contributed by atoms with Gasteiger partial charge in [-0.05, 0) is 31.6 Å². The lowest BCUT2D eigenvalue weighted by molar-refractivity contribution is -0.127. The van der Waals surface area contributed by atoms with Gasteiger partial charge in [0, 0.05) is 6.61 Å². The molecule has 102 valence electrons. The molecule has 1 amide bonds. The van der Waals surface area contributed by atoms with Crippen molar-refractivity contribution in [3.05, 3.63) is 0 Å². The third-order valence-corrected chi connectivity index (χ3v) is 3.77. The molecule has 6 nitrogen and oxygen atoms in total. The standard InChI is InChI=1S/C12H21N3O3/c1-2-9-8(5-6-18-9)12(16)14-10(7-3-4-7)11(13)15-17/h7-10,17H,2-6H2,1H3,(H2,13,15)(H,14,16). The number of rotatable bonds is 5. The molecule has 1 aliphatic heterocycles. The number of carbonyl (C=O) groups excluding carboxylic acids is 1. The van der Waals surface area contributed by atoms with Crippen molar-refractivity contribution < 1.29 is 14.7 Å². The van der Waals surface area contributed by atoms with Gasteiger partial charge < -0.3 is 21.0 Å². The van der Waals surface area contributed by atoms with Gasteiger partial charge in [0.05, 0.1) is 18.1 Å². The van der Waals surface area contributed by atoms with E-state index in [9.17, 15) is 4.79 Å². The Morgan fingerprint density at radius 1 is 1.56 bits per heavy atom. The average Bonchev–Trinajstić information content (AvgIpc) is 3.11. The van der Waals surface area contributed by atoms with E-state index < -0.39 is 0 Å². The van der Waals surface area contributed by atoms with Crippen LogP contribution >= 0.6 is 0 Å². The molecule has 0 aromatic heterocycles. The molecule has 4 N–H and O–H groups in total. The van der Waals surface area contributed by atoms with Gasteiger partial charge in [-0.3, -0.25) is 4.79 Å². The molecule has 3 atom stereocenters. The summed E-state index contributed by atoms with van der Waals surface area (Å²) in [4.78, 5) is 12.2. The Hall–Kier alpha value is -1.30. The SMILES string of the molecule is CCC1OCCC1C(=O)NC(C(N)=NO)C1CC1. The number of hydrogen-bond donors (Lipinski definition) is 3. The van der Waals surface area contributed by atoms with Gasteiger partial charge in [-0.2, -0.15) is 0 Å². The predicted molar refractivity (Wildman–Crippen MR) is 66.2 cm³/mol. The molecule has 18 heavy (non-hydrogen) atoms. The molecule has 2 fully saturated rings. The molecular weight excluding hydrogens is 234 g/mol. The largest absolute Gasteiger partial charge is 0.409 e. The van der Waals surface area contributed by atoms with Gasteiger partial charge in [-0.15, -0.1) is 0 Å². The first-order chi connectivity index (χ1) is 8.67. The van der Waals surface area contributed by atoms with Crippen LogP contribution in [0.2, 0.25) is 0 Å². The van der Waals surface area contributed by atoms with Crippen LogP contribution in [-0.2, 0) is 9.53 Å². The number of amidine groups is 1. The van der Waals surface area contributed by atoms with E-state index in [1.165, 1.54) is 0 Å². The topological polar surface area (TPSA) is 96.9 Å². The summed E-state index contributed by atoms with van der Waals surface area (Å²) in [6.45, 7) is 2.65. The van der Waals surface area contributed by atoms with Crippen molar-refractivity contribution in [1.29, 1.82) is 0 Å². The molecule has 3 unspecified atom stereocenters. The van der Waals surface area contributed by atoms with Gasteiger partial charge in [0.25, 0.3) is 0 Å². The molecule has 1 saturated carbocycles. The number of nitrogens with two attached hydrogens (primary N) is 1. The minimum absolute atomic E-state index is 0.00265. The number of nitrogens with one attached hydrogen (secondary N) is 1. The molecule has 0 bridgehead atoms. The Morgan fingerprint density at radius 2 is 2.28 bits per heavy atom. The maximum atomic E-state index is 12.2. The number of nitrogens with zero attached hydrogens (tertiary/aromatic N) is 1. The lowest BCUT2D eigenvalue weighted by atomic mass is 9.98. The van der Waals surface area contributed by atoms with Gasteiger partial charge >= 0.3 is 0 Å². The van der Waals surface area contributed by atoms with Gasteiger partial charge in [0.15, 0.2) is 5.84 Å². The van der Waals surface area contributed by atoms with Crippen LogP contribution < -0.4 is 11.1 Å². The lowest BCUT2D eigenvalue weighted by Gasteiger charge is -2.21. The zero-order chi connectivity index (χ0) is 13.1. The summed E-state index contributed by atoms with van der Waals surface area (Å²) in [5.74, 6) is 0.260. The number of amides is 1. The Balaban J connectivity index is 1.96. The molecule has 6 heteroatoms. The van der Waals surface area contributed by atoms with Crippen LogP contribution in [0.25, 0.3) is 0 Å². The highest BCUT2D eigenvalue weighted by Crippen LogP contribution is 2.33. The lowest BCUT2D eigenvalue weighted by Crippen LogP contribution is -2.49. The van der Waals surface area contributed by atoms with E-state index in [1.54, 1.807) is 0 Å². The maximum Gasteiger partial charge on any atom is 0.226 e. The summed E-state index contributed by atoms with van der Waals surface area (Å²) >= 11 is 0. The zero-order valence-corrected chi connectivity index (χ0v) is 10.6. The quantitative estimate of drug-likeness (QED) is 0.287. The summed E-state index contributed by atoms with van der Waals surface area (Å²) < 4.78 is 5.51. The Labute approximate surface area is 107 Å². The predicted octanol–water partition coefficient (Wildman–Crippen LogP) is 0.443. The maximum absolute atomic E-state index is 12.2. The van der Waals surface area contributed by atoms with Crippen LogP contribution in [0.4, 0.5) is 0 Å². The summed E-state index contributed by atoms with van der Waals surface area (Å²) in [7, 11) is 0. The number of carbonyl (C=O) groups is 1. The molecule has 0 aromatic carbocycles. The van der Waals surface area contributed by atoms with Crippen LogP contribution in [0.3, 0.4) is 0 Å². The van der Waals surface area contributed by atoms with Crippen molar-refractivity contribution in [1.82, 2.24) is 5.32 Å². The van der Waals surface area contributed by atoms with Crippen molar-refractivity contribution >= 4 is 11.7 Å². The fraction of sp³-hybridized carbons (Fsp3) is 0.833. The fourth-order valence-electron chi connectivity index (χ4n) is 2.54.